The van der Waals surface area contributed by atoms with E-state index in [-0.39, 0.29) is 20.4 Å². The number of hydrogen-bond acceptors (Lipinski definition) is 8. The van der Waals surface area contributed by atoms with Gasteiger partial charge in [-0.15, -0.1) is 34.0 Å². The molecule has 20 aromatic rings. The molecule has 136 heavy (non-hydrogen) atoms. The molecule has 0 amide bonds. The summed E-state index contributed by atoms with van der Waals surface area (Å²) in [7, 11) is 1.48. The van der Waals surface area contributed by atoms with Crippen LogP contribution in [-0.4, -0.2) is 47.5 Å². The topological polar surface area (TPSA) is 57.1 Å². The Labute approximate surface area is 849 Å². The molecule has 0 saturated heterocycles. The van der Waals surface area contributed by atoms with Crippen molar-refractivity contribution in [3.63, 3.8) is 0 Å². The van der Waals surface area contributed by atoms with Gasteiger partial charge in [0.05, 0.1) is 32.1 Å². The van der Waals surface area contributed by atoms with E-state index in [1.54, 1.807) is 65.1 Å². The molecule has 0 fully saturated rings. The quantitative estimate of drug-likeness (QED) is 0.0399. The number of aromatic nitrogens is 3. The Morgan fingerprint density at radius 2 is 0.500 bits per heavy atom. The van der Waals surface area contributed by atoms with Crippen molar-refractivity contribution in [1.82, 2.24) is 15.0 Å². The van der Waals surface area contributed by atoms with Gasteiger partial charge in [0.15, 0.2) is 0 Å². The van der Waals surface area contributed by atoms with Gasteiger partial charge in [-0.25, -0.2) is 9.97 Å². The van der Waals surface area contributed by atoms with Gasteiger partial charge in [0, 0.05) is 72.0 Å². The van der Waals surface area contributed by atoms with Crippen molar-refractivity contribution in [2.75, 3.05) is 14.2 Å². The predicted octanol–water partition coefficient (Wildman–Crippen LogP) is 29.5. The van der Waals surface area contributed by atoms with Crippen LogP contribution >= 0.6 is 81.6 Å². The molecule has 6 aromatic heterocycles. The van der Waals surface area contributed by atoms with Crippen LogP contribution in [0.2, 0.25) is 13.3 Å². The molecule has 0 radical (unpaired) electrons. The summed E-state index contributed by atoms with van der Waals surface area (Å²) < 4.78 is 21.5. The Balaban J connectivity index is 0.000000135. The van der Waals surface area contributed by atoms with Gasteiger partial charge in [0.2, 0.25) is 11.8 Å². The van der Waals surface area contributed by atoms with E-state index in [9.17, 15) is 0 Å². The first kappa shape index (κ1) is 103. The van der Waals surface area contributed by atoms with E-state index in [1.165, 1.54) is 159 Å². The fourth-order valence-corrected chi connectivity index (χ4v) is 44.8. The molecule has 0 unspecified atom stereocenters. The molecule has 14 aromatic carbocycles. The number of ether oxygens (including phenoxy) is 2. The number of thiophene rings is 3. The van der Waals surface area contributed by atoms with Crippen LogP contribution in [0.1, 0.15) is 70.6 Å². The summed E-state index contributed by atoms with van der Waals surface area (Å²) in [6.07, 6.45) is 14.1. The van der Waals surface area contributed by atoms with Crippen LogP contribution in [0, 0.1) is 13.8 Å². The van der Waals surface area contributed by atoms with Gasteiger partial charge in [0.1, 0.15) is 0 Å². The first-order valence-electron chi connectivity index (χ1n) is 46.4. The average molecular weight is 2170 g/mol. The average Bonchev–Trinajstić information content (AvgIpc) is 1.56. The molecular weight excluding hydrogens is 2050 g/mol. The van der Waals surface area contributed by atoms with Gasteiger partial charge in [0.25, 0.3) is 0 Å². The minimum Gasteiger partial charge on any atom is -0.481 e. The number of pyridine rings is 3. The summed E-state index contributed by atoms with van der Waals surface area (Å²) in [4.78, 5) is 15.3. The molecule has 0 spiro atoms. The zero-order chi connectivity index (χ0) is 93.4. The Bertz CT molecular complexity index is 5930. The van der Waals surface area contributed by atoms with Crippen LogP contribution in [0.15, 0.2) is 471 Å². The maximum absolute atomic E-state index is 5.22. The standard InChI is InChI=1S/C22H16N2OS2.4C18H15P.C8H6BrNOS.C7H7.3C4H9.Pd.Sn/c1-13-7-16-8-18(26-20(16)11-23-13)14-3-5-15(6-4-14)19-9-17-10-22(25-2)24-12-21(17)27-19;4*1-4-10-16(11-5-1)19(17-12-6-2-7-13-17)18-14-8-3-9-15-18;1-11-8-3-5-2-7(9)12-6(5)4-10-8;1-7-5-3-2-4-6-7;3*1-3-4-2;;/h3-12H,1-2H3;4*1-15H;2-4H,1H3;3-6H,1H3;3*1,3-4H2,2H3;;. The van der Waals surface area contributed by atoms with Crippen LogP contribution in [0.3, 0.4) is 0 Å². The predicted molar refractivity (Wildman–Crippen MR) is 605 cm³/mol. The Kier molecular flexibility index (Phi) is 41.9. The number of nitrogens with zero attached hydrogens (tertiary/aromatic N) is 3. The number of benzene rings is 14. The number of rotatable bonds is 26. The van der Waals surface area contributed by atoms with Gasteiger partial charge in [-0.2, -0.15) is 0 Å². The largest absolute Gasteiger partial charge is 0.481 e. The first-order chi connectivity index (χ1) is 66.5. The van der Waals surface area contributed by atoms with E-state index in [0.717, 1.165) is 9.48 Å². The van der Waals surface area contributed by atoms with E-state index in [2.05, 4.69) is 495 Å². The monoisotopic (exact) mass is 2170 g/mol. The molecule has 0 aliphatic rings. The van der Waals surface area contributed by atoms with Crippen molar-refractivity contribution < 1.29 is 29.9 Å². The Morgan fingerprint density at radius 3 is 0.743 bits per heavy atom. The van der Waals surface area contributed by atoms with Gasteiger partial charge in [-0.3, -0.25) is 4.98 Å². The van der Waals surface area contributed by atoms with Gasteiger partial charge >= 0.3 is 131 Å². The third kappa shape index (κ3) is 29.9. The molecule has 686 valence electrons. The molecule has 0 aliphatic heterocycles. The van der Waals surface area contributed by atoms with Crippen molar-refractivity contribution in [1.29, 1.82) is 0 Å². The summed E-state index contributed by atoms with van der Waals surface area (Å²) >= 11 is 6.50. The number of hydrogen-bond donors (Lipinski definition) is 0. The third-order valence-corrected chi connectivity index (χ3v) is 52.3. The van der Waals surface area contributed by atoms with Crippen LogP contribution in [0.25, 0.3) is 51.1 Å². The molecule has 15 heteroatoms. The van der Waals surface area contributed by atoms with Crippen LogP contribution in [-0.2, 0) is 20.4 Å². The number of halogens is 1. The fraction of sp³-hybridized carbons (Fsp3) is 0.132. The Morgan fingerprint density at radius 1 is 0.272 bits per heavy atom. The van der Waals surface area contributed by atoms with Crippen molar-refractivity contribution in [2.45, 2.75) is 86.5 Å². The molecule has 0 bridgehead atoms. The number of aryl methyl sites for hydroxylation is 2. The van der Waals surface area contributed by atoms with E-state index >= 15 is 0 Å². The van der Waals surface area contributed by atoms with E-state index in [4.69, 9.17) is 9.47 Å². The summed E-state index contributed by atoms with van der Waals surface area (Å²) in [5.74, 6) is 1.31. The normalized spacial score (nSPS) is 10.8. The summed E-state index contributed by atoms with van der Waals surface area (Å²) in [5.41, 5.74) is 4.92. The molecule has 0 saturated carbocycles. The van der Waals surface area contributed by atoms with Gasteiger partial charge in [-0.05, 0) is 164 Å². The molecular formula is C121H116BrN3O2P4PdS3Sn. The molecule has 0 N–H and O–H groups in total. The Hall–Kier alpha value is -10.3. The van der Waals surface area contributed by atoms with Gasteiger partial charge in [-0.1, -0.05) is 388 Å². The van der Waals surface area contributed by atoms with E-state index in [1.807, 2.05) is 37.6 Å². The van der Waals surface area contributed by atoms with Crippen LogP contribution in [0.5, 0.6) is 11.8 Å². The second-order valence-corrected chi connectivity index (χ2v) is 59.3. The second kappa shape index (κ2) is 55.3. The van der Waals surface area contributed by atoms with Crippen molar-refractivity contribution >= 4 is 197 Å². The zero-order valence-corrected chi connectivity index (χ0v) is 90.2. The molecule has 0 aliphatic carbocycles. The number of methoxy groups -OCH3 is 2. The molecule has 5 nitrogen and oxygen atoms in total. The SMILES string of the molecule is CCC[CH2][Sn]([CH2]CCC)([CH2]CCC)[c]1ccc(C)cc1.COc1cc2cc(-c3ccc(-c4cc5cc(C)ncc5s4)cc3)sc2cn1.COc1cc2cc(Br)sc2cn1.[Pd].c1ccc(P(c2ccccc2)c2ccccc2)cc1.c1ccc(P(c2ccccc2)c2ccccc2)cc1.c1ccc(P(c2ccccc2)c2ccccc2)cc1.c1ccc(P(c2ccccc2)c2ccccc2)cc1. The summed E-state index contributed by atoms with van der Waals surface area (Å²) in [6, 6.07) is 160. The van der Waals surface area contributed by atoms with Crippen LogP contribution < -0.4 is 76.7 Å². The fourth-order valence-electron chi connectivity index (χ4n) is 16.2. The number of unbranched alkanes of at least 4 members (excludes halogenated alkanes) is 3. The summed E-state index contributed by atoms with van der Waals surface area (Å²) in [6.45, 7) is 11.3. The minimum absolute atomic E-state index is 0. The maximum atomic E-state index is 5.22. The van der Waals surface area contributed by atoms with E-state index in [0.29, 0.717) is 11.8 Å². The summed E-state index contributed by atoms with van der Waals surface area (Å²) in [5, 5.41) is 20.4. The van der Waals surface area contributed by atoms with Crippen molar-refractivity contribution in [3.8, 4) is 32.6 Å². The zero-order valence-electron chi connectivity index (χ0n) is 78.2. The number of fused-ring (bicyclic) bond motifs is 3. The molecule has 20 rings (SSSR count). The van der Waals surface area contributed by atoms with E-state index < -0.39 is 50.1 Å². The third-order valence-electron chi connectivity index (χ3n) is 23.0. The van der Waals surface area contributed by atoms with Crippen molar-refractivity contribution in [3.05, 3.63) is 483 Å². The van der Waals surface area contributed by atoms with Crippen LogP contribution in [0.4, 0.5) is 0 Å². The minimum atomic E-state index is -2.13. The van der Waals surface area contributed by atoms with Gasteiger partial charge < -0.3 is 9.47 Å². The smallest absolute Gasteiger partial charge is 0.213 e. The second-order valence-electron chi connectivity index (χ2n) is 32.6. The molecule has 0 atom stereocenters. The maximum Gasteiger partial charge on any atom is 0.213 e. The first-order valence-corrected chi connectivity index (χ1v) is 62.4. The van der Waals surface area contributed by atoms with Crippen molar-refractivity contribution in [2.24, 2.45) is 0 Å². The molecule has 6 heterocycles.